The third-order valence-electron chi connectivity index (χ3n) is 3.54. The van der Waals surface area contributed by atoms with Crippen molar-refractivity contribution in [3.05, 3.63) is 59.6 Å². The van der Waals surface area contributed by atoms with E-state index < -0.39 is 0 Å². The van der Waals surface area contributed by atoms with Crippen LogP contribution in [0, 0.1) is 0 Å². The molecule has 2 aliphatic rings. The summed E-state index contributed by atoms with van der Waals surface area (Å²) in [6.07, 6.45) is 16.8. The Morgan fingerprint density at radius 3 is 3.10 bits per heavy atom. The van der Waals surface area contributed by atoms with Crippen LogP contribution in [0.15, 0.2) is 54.0 Å². The van der Waals surface area contributed by atoms with Gasteiger partial charge in [0, 0.05) is 37.0 Å². The van der Waals surface area contributed by atoms with Crippen molar-refractivity contribution in [1.29, 1.82) is 0 Å². The van der Waals surface area contributed by atoms with Gasteiger partial charge in [-0.05, 0) is 23.6 Å². The van der Waals surface area contributed by atoms with Gasteiger partial charge in [-0.3, -0.25) is 4.68 Å². The summed E-state index contributed by atoms with van der Waals surface area (Å²) in [5, 5.41) is 7.59. The number of aldehydes is 1. The highest BCUT2D eigenvalue weighted by molar-refractivity contribution is 5.76. The van der Waals surface area contributed by atoms with Crippen LogP contribution in [0.25, 0.3) is 5.57 Å². The van der Waals surface area contributed by atoms with Gasteiger partial charge >= 0.3 is 0 Å². The summed E-state index contributed by atoms with van der Waals surface area (Å²) < 4.78 is 1.80. The number of hydrogen-bond acceptors (Lipinski definition) is 3. The van der Waals surface area contributed by atoms with Gasteiger partial charge in [0.15, 0.2) is 0 Å². The first-order valence-corrected chi connectivity index (χ1v) is 6.75. The Balaban J connectivity index is 1.84. The van der Waals surface area contributed by atoms with Crippen LogP contribution in [0.5, 0.6) is 0 Å². The number of dihydropyridines is 1. The van der Waals surface area contributed by atoms with E-state index in [2.05, 4.69) is 34.7 Å². The van der Waals surface area contributed by atoms with Gasteiger partial charge in [0.25, 0.3) is 0 Å². The maximum Gasteiger partial charge on any atom is 0.120 e. The molecule has 1 aromatic rings. The molecule has 2 heterocycles. The smallest absolute Gasteiger partial charge is 0.120 e. The molecule has 0 fully saturated rings. The summed E-state index contributed by atoms with van der Waals surface area (Å²) in [4.78, 5) is 10.5. The predicted molar refractivity (Wildman–Crippen MR) is 78.7 cm³/mol. The van der Waals surface area contributed by atoms with Crippen LogP contribution in [0.1, 0.15) is 18.4 Å². The Bertz CT molecular complexity index is 646. The normalized spacial score (nSPS) is 20.4. The SMILES string of the molecule is Cn1cc(C2=CNC3C=CC(CCC=O)=CC3=C2)cn1. The van der Waals surface area contributed by atoms with E-state index in [0.717, 1.165) is 23.8 Å². The highest BCUT2D eigenvalue weighted by atomic mass is 16.1. The number of aryl methyl sites for hydroxylation is 1. The molecule has 20 heavy (non-hydrogen) atoms. The van der Waals surface area contributed by atoms with Gasteiger partial charge in [-0.15, -0.1) is 0 Å². The van der Waals surface area contributed by atoms with Crippen LogP contribution in [-0.2, 0) is 11.8 Å². The number of carbonyl (C=O) groups excluding carboxylic acids is 1. The van der Waals surface area contributed by atoms with Gasteiger partial charge in [-0.1, -0.05) is 18.2 Å². The molecule has 1 aromatic heterocycles. The minimum absolute atomic E-state index is 0.232. The second kappa shape index (κ2) is 5.33. The molecule has 1 atom stereocenters. The van der Waals surface area contributed by atoms with Gasteiger partial charge in [0.1, 0.15) is 6.29 Å². The van der Waals surface area contributed by atoms with E-state index in [0.29, 0.717) is 6.42 Å². The molecule has 3 rings (SSSR count). The summed E-state index contributed by atoms with van der Waals surface area (Å²) >= 11 is 0. The van der Waals surface area contributed by atoms with Crippen molar-refractivity contribution in [1.82, 2.24) is 15.1 Å². The highest BCUT2D eigenvalue weighted by Crippen LogP contribution is 2.27. The van der Waals surface area contributed by atoms with Crippen molar-refractivity contribution in [2.24, 2.45) is 7.05 Å². The molecule has 4 nitrogen and oxygen atoms in total. The number of nitrogens with one attached hydrogen (secondary N) is 1. The molecule has 1 unspecified atom stereocenters. The number of fused-ring (bicyclic) bond motifs is 1. The topological polar surface area (TPSA) is 46.9 Å². The van der Waals surface area contributed by atoms with E-state index in [9.17, 15) is 4.79 Å². The number of hydrogen-bond donors (Lipinski definition) is 1. The first-order valence-electron chi connectivity index (χ1n) is 6.75. The van der Waals surface area contributed by atoms with Gasteiger partial charge < -0.3 is 10.1 Å². The molecule has 0 saturated carbocycles. The molecule has 1 aliphatic carbocycles. The zero-order valence-electron chi connectivity index (χ0n) is 11.4. The summed E-state index contributed by atoms with van der Waals surface area (Å²) in [7, 11) is 1.91. The summed E-state index contributed by atoms with van der Waals surface area (Å²) in [6, 6.07) is 0.232. The molecule has 102 valence electrons. The van der Waals surface area contributed by atoms with Crippen LogP contribution < -0.4 is 5.32 Å². The van der Waals surface area contributed by atoms with E-state index in [1.807, 2.05) is 25.6 Å². The van der Waals surface area contributed by atoms with E-state index in [1.165, 1.54) is 11.1 Å². The van der Waals surface area contributed by atoms with Crippen LogP contribution in [0.3, 0.4) is 0 Å². The zero-order valence-corrected chi connectivity index (χ0v) is 11.4. The first kappa shape index (κ1) is 12.7. The molecule has 0 amide bonds. The fourth-order valence-corrected chi connectivity index (χ4v) is 2.48. The third kappa shape index (κ3) is 2.50. The second-order valence-corrected chi connectivity index (χ2v) is 5.07. The molecule has 0 saturated heterocycles. The van der Waals surface area contributed by atoms with Crippen molar-refractivity contribution in [2.75, 3.05) is 0 Å². The van der Waals surface area contributed by atoms with Gasteiger partial charge in [-0.25, -0.2) is 0 Å². The summed E-state index contributed by atoms with van der Waals surface area (Å²) in [6.45, 7) is 0. The molecular formula is C16H17N3O. The molecule has 0 radical (unpaired) electrons. The Labute approximate surface area is 118 Å². The Kier molecular flexibility index (Phi) is 3.37. The lowest BCUT2D eigenvalue weighted by Crippen LogP contribution is -2.28. The largest absolute Gasteiger partial charge is 0.380 e. The Hall–Kier alpha value is -2.36. The molecule has 1 aliphatic heterocycles. The first-order chi connectivity index (χ1) is 9.76. The molecule has 1 N–H and O–H groups in total. The average Bonchev–Trinajstić information content (AvgIpc) is 2.91. The van der Waals surface area contributed by atoms with Gasteiger partial charge in [0.2, 0.25) is 0 Å². The molecule has 4 heteroatoms. The molecular weight excluding hydrogens is 250 g/mol. The van der Waals surface area contributed by atoms with Gasteiger partial charge in [-0.2, -0.15) is 5.10 Å². The lowest BCUT2D eigenvalue weighted by atomic mass is 9.91. The van der Waals surface area contributed by atoms with E-state index >= 15 is 0 Å². The number of carbonyl (C=O) groups is 1. The lowest BCUT2D eigenvalue weighted by Gasteiger charge is -2.24. The zero-order chi connectivity index (χ0) is 13.9. The predicted octanol–water partition coefficient (Wildman–Crippen LogP) is 2.13. The Morgan fingerprint density at radius 2 is 2.35 bits per heavy atom. The molecule has 0 bridgehead atoms. The van der Waals surface area contributed by atoms with E-state index in [4.69, 9.17) is 0 Å². The second-order valence-electron chi connectivity index (χ2n) is 5.07. The van der Waals surface area contributed by atoms with Crippen LogP contribution in [-0.4, -0.2) is 22.1 Å². The van der Waals surface area contributed by atoms with E-state index in [1.54, 1.807) is 4.68 Å². The van der Waals surface area contributed by atoms with Crippen molar-refractivity contribution in [2.45, 2.75) is 18.9 Å². The summed E-state index contributed by atoms with van der Waals surface area (Å²) in [5.41, 5.74) is 4.66. The maximum absolute atomic E-state index is 10.5. The average molecular weight is 267 g/mol. The van der Waals surface area contributed by atoms with Crippen LogP contribution >= 0.6 is 0 Å². The monoisotopic (exact) mass is 267 g/mol. The van der Waals surface area contributed by atoms with Crippen LogP contribution in [0.4, 0.5) is 0 Å². The van der Waals surface area contributed by atoms with Gasteiger partial charge in [0.05, 0.1) is 12.2 Å². The maximum atomic E-state index is 10.5. The number of aromatic nitrogens is 2. The highest BCUT2D eigenvalue weighted by Gasteiger charge is 2.17. The number of nitrogens with zero attached hydrogens (tertiary/aromatic N) is 2. The minimum Gasteiger partial charge on any atom is -0.380 e. The Morgan fingerprint density at radius 1 is 1.45 bits per heavy atom. The van der Waals surface area contributed by atoms with Crippen molar-refractivity contribution in [3.63, 3.8) is 0 Å². The van der Waals surface area contributed by atoms with Crippen molar-refractivity contribution < 1.29 is 4.79 Å². The fourth-order valence-electron chi connectivity index (χ4n) is 2.48. The minimum atomic E-state index is 0.232. The quantitative estimate of drug-likeness (QED) is 0.850. The van der Waals surface area contributed by atoms with Crippen molar-refractivity contribution >= 4 is 11.9 Å². The van der Waals surface area contributed by atoms with E-state index in [-0.39, 0.29) is 6.04 Å². The molecule has 0 aromatic carbocycles. The standard InChI is InChI=1S/C16H17N3O/c1-19-11-15(10-18-19)14-8-13-7-12(3-2-6-20)4-5-16(13)17-9-14/h4-11,16-17H,2-3H2,1H3. The lowest BCUT2D eigenvalue weighted by molar-refractivity contribution is -0.107. The molecule has 0 spiro atoms. The number of allylic oxidation sites excluding steroid dienone is 4. The third-order valence-corrected chi connectivity index (χ3v) is 3.54. The van der Waals surface area contributed by atoms with Crippen molar-refractivity contribution in [3.8, 4) is 0 Å². The van der Waals surface area contributed by atoms with Crippen LogP contribution in [0.2, 0.25) is 0 Å². The summed E-state index contributed by atoms with van der Waals surface area (Å²) in [5.74, 6) is 0. The number of rotatable bonds is 4. The fraction of sp³-hybridized carbons (Fsp3) is 0.250.